The van der Waals surface area contributed by atoms with Gasteiger partial charge in [0.15, 0.2) is 0 Å². The average Bonchev–Trinajstić information content (AvgIpc) is 2.48. The Morgan fingerprint density at radius 2 is 1.64 bits per heavy atom. The highest BCUT2D eigenvalue weighted by Crippen LogP contribution is 2.18. The number of nitrogens with one attached hydrogen (secondary N) is 1. The molecule has 1 rings (SSSR count). The van der Waals surface area contributed by atoms with Crippen LogP contribution in [0.2, 0.25) is 0 Å². The molecule has 0 radical (unpaired) electrons. The smallest absolute Gasteiger partial charge is 0.296 e. The second-order valence-electron chi connectivity index (χ2n) is 4.70. The highest BCUT2D eigenvalue weighted by molar-refractivity contribution is 5.93. The molecule has 0 atom stereocenters. The first-order chi connectivity index (χ1) is 10.2. The fourth-order valence-electron chi connectivity index (χ4n) is 1.62. The maximum Gasteiger partial charge on any atom is 0.296 e. The molecule has 0 aliphatic rings. The van der Waals surface area contributed by atoms with Crippen molar-refractivity contribution in [1.82, 2.24) is 10.4 Å². The Kier molecular flexibility index (Phi) is 11.2. The Morgan fingerprint density at radius 3 is 2.05 bits per heavy atom. The van der Waals surface area contributed by atoms with Gasteiger partial charge in [-0.2, -0.15) is 4.98 Å². The molecule has 0 aliphatic carbocycles. The molecule has 0 fully saturated rings. The third kappa shape index (κ3) is 7.47. The number of carbonyl (C=O) groups excluding carboxylic acids is 1. The first-order valence-electron chi connectivity index (χ1n) is 7.57. The van der Waals surface area contributed by atoms with E-state index in [1.807, 2.05) is 0 Å². The quantitative estimate of drug-likeness (QED) is 0.231. The van der Waals surface area contributed by atoms with Crippen molar-refractivity contribution in [3.05, 3.63) is 17.7 Å². The molecule has 126 valence electrons. The van der Waals surface area contributed by atoms with Gasteiger partial charge in [0.25, 0.3) is 5.91 Å². The highest BCUT2D eigenvalue weighted by Gasteiger charge is 2.12. The zero-order valence-electron chi connectivity index (χ0n) is 13.5. The lowest BCUT2D eigenvalue weighted by Gasteiger charge is -2.10. The molecule has 1 aromatic rings. The van der Waals surface area contributed by atoms with E-state index in [9.17, 15) is 4.79 Å². The van der Waals surface area contributed by atoms with E-state index in [1.165, 1.54) is 0 Å². The van der Waals surface area contributed by atoms with E-state index in [1.54, 1.807) is 24.6 Å². The van der Waals surface area contributed by atoms with Gasteiger partial charge in [0.1, 0.15) is 0 Å². The van der Waals surface area contributed by atoms with Crippen LogP contribution in [0.15, 0.2) is 12.1 Å². The maximum atomic E-state index is 11.9. The standard InChI is InChI=1S/C15H25N3O3.ClH/c1-4-6-8-20-13-10-12(15(19)18-16-3)11-14(17-13)21-9-7-5-2;/h10-11,16H,4-9H2,1-3H3,(H,18,19);1H. The van der Waals surface area contributed by atoms with Crippen LogP contribution >= 0.6 is 0 Å². The van der Waals surface area contributed by atoms with Gasteiger partial charge >= 0.3 is 0 Å². The van der Waals surface area contributed by atoms with Crippen LogP contribution in [-0.2, 0) is 0 Å². The monoisotopic (exact) mass is 331 g/mol. The second kappa shape index (κ2) is 12.1. The minimum Gasteiger partial charge on any atom is -1.00 e. The SMILES string of the molecule is CCCCOc1cc(C(=O)N[NH2+]C)cc(OCCCC)n1.[Cl-]. The van der Waals surface area contributed by atoms with Crippen molar-refractivity contribution >= 4 is 5.91 Å². The molecule has 0 aromatic carbocycles. The molecule has 0 bridgehead atoms. The van der Waals surface area contributed by atoms with Crippen molar-refractivity contribution in [1.29, 1.82) is 0 Å². The summed E-state index contributed by atoms with van der Waals surface area (Å²) in [4.78, 5) is 16.2. The number of rotatable bonds is 10. The first-order valence-corrected chi connectivity index (χ1v) is 7.57. The van der Waals surface area contributed by atoms with Crippen molar-refractivity contribution in [3.8, 4) is 11.8 Å². The van der Waals surface area contributed by atoms with Crippen LogP contribution in [0.1, 0.15) is 49.9 Å². The van der Waals surface area contributed by atoms with Crippen molar-refractivity contribution in [2.45, 2.75) is 39.5 Å². The lowest BCUT2D eigenvalue weighted by Crippen LogP contribution is -3.00. The summed E-state index contributed by atoms with van der Waals surface area (Å²) in [6, 6.07) is 3.28. The van der Waals surface area contributed by atoms with E-state index >= 15 is 0 Å². The summed E-state index contributed by atoms with van der Waals surface area (Å²) in [5.74, 6) is 0.665. The summed E-state index contributed by atoms with van der Waals surface area (Å²) in [6.45, 7) is 5.36. The van der Waals surface area contributed by atoms with E-state index in [2.05, 4.69) is 24.3 Å². The van der Waals surface area contributed by atoms with Gasteiger partial charge in [-0.1, -0.05) is 26.7 Å². The zero-order valence-corrected chi connectivity index (χ0v) is 14.3. The number of hydrogen-bond acceptors (Lipinski definition) is 4. The molecule has 0 saturated heterocycles. The molecular formula is C15H26ClN3O3. The van der Waals surface area contributed by atoms with E-state index in [-0.39, 0.29) is 18.3 Å². The fraction of sp³-hybridized carbons (Fsp3) is 0.600. The number of unbranched alkanes of at least 4 members (excludes halogenated alkanes) is 2. The molecule has 7 heteroatoms. The lowest BCUT2D eigenvalue weighted by atomic mass is 10.2. The largest absolute Gasteiger partial charge is 1.00 e. The predicted molar refractivity (Wildman–Crippen MR) is 80.4 cm³/mol. The Balaban J connectivity index is 0.00000441. The topological polar surface area (TPSA) is 77.1 Å². The van der Waals surface area contributed by atoms with Crippen LogP contribution in [0.5, 0.6) is 11.8 Å². The number of pyridine rings is 1. The lowest BCUT2D eigenvalue weighted by molar-refractivity contribution is -0.671. The van der Waals surface area contributed by atoms with Crippen LogP contribution < -0.4 is 32.7 Å². The maximum absolute atomic E-state index is 11.9. The number of ether oxygens (including phenoxy) is 2. The summed E-state index contributed by atoms with van der Waals surface area (Å²) < 4.78 is 11.2. The number of halogens is 1. The Hall–Kier alpha value is -1.53. The second-order valence-corrected chi connectivity index (χ2v) is 4.70. The van der Waals surface area contributed by atoms with E-state index in [0.717, 1.165) is 25.7 Å². The van der Waals surface area contributed by atoms with Gasteiger partial charge in [0, 0.05) is 12.1 Å². The fourth-order valence-corrected chi connectivity index (χ4v) is 1.62. The molecule has 0 spiro atoms. The van der Waals surface area contributed by atoms with Crippen molar-refractivity contribution in [3.63, 3.8) is 0 Å². The van der Waals surface area contributed by atoms with Crippen LogP contribution in [0, 0.1) is 0 Å². The number of carbonyl (C=O) groups is 1. The van der Waals surface area contributed by atoms with E-state index in [0.29, 0.717) is 30.5 Å². The van der Waals surface area contributed by atoms with E-state index < -0.39 is 0 Å². The zero-order chi connectivity index (χ0) is 15.5. The predicted octanol–water partition coefficient (Wildman–Crippen LogP) is -1.72. The number of nitrogen functional groups attached to an aromatic ring is 1. The first kappa shape index (κ1) is 20.5. The van der Waals surface area contributed by atoms with Crippen LogP contribution in [0.25, 0.3) is 0 Å². The average molecular weight is 332 g/mol. The summed E-state index contributed by atoms with van der Waals surface area (Å²) >= 11 is 0. The molecule has 0 saturated carbocycles. The van der Waals surface area contributed by atoms with Crippen LogP contribution in [0.4, 0.5) is 0 Å². The molecule has 1 heterocycles. The summed E-state index contributed by atoms with van der Waals surface area (Å²) in [6.07, 6.45) is 4.00. The van der Waals surface area contributed by atoms with Gasteiger partial charge in [0.05, 0.1) is 25.8 Å². The van der Waals surface area contributed by atoms with Crippen molar-refractivity contribution in [2.24, 2.45) is 0 Å². The van der Waals surface area contributed by atoms with Crippen molar-refractivity contribution in [2.75, 3.05) is 20.3 Å². The van der Waals surface area contributed by atoms with Gasteiger partial charge in [-0.05, 0) is 12.8 Å². The Labute approximate surface area is 138 Å². The van der Waals surface area contributed by atoms with Crippen LogP contribution in [0.3, 0.4) is 0 Å². The van der Waals surface area contributed by atoms with Crippen molar-refractivity contribution < 1.29 is 32.1 Å². The normalized spacial score (nSPS) is 9.77. The minimum absolute atomic E-state index is 0. The third-order valence-corrected chi connectivity index (χ3v) is 2.81. The minimum atomic E-state index is -0.194. The molecule has 22 heavy (non-hydrogen) atoms. The summed E-state index contributed by atoms with van der Waals surface area (Å²) in [5.41, 5.74) is 4.73. The molecule has 6 nitrogen and oxygen atoms in total. The number of quaternary nitrogens is 1. The number of nitrogens with two attached hydrogens (primary N) is 1. The van der Waals surface area contributed by atoms with Gasteiger partial charge in [-0.3, -0.25) is 4.79 Å². The van der Waals surface area contributed by atoms with Gasteiger partial charge in [-0.25, -0.2) is 10.9 Å². The molecule has 3 N–H and O–H groups in total. The number of hydrogen-bond donors (Lipinski definition) is 2. The molecule has 1 amide bonds. The van der Waals surface area contributed by atoms with Gasteiger partial charge in [-0.15, -0.1) is 0 Å². The Morgan fingerprint density at radius 1 is 1.14 bits per heavy atom. The molecule has 0 unspecified atom stereocenters. The number of nitrogens with zero attached hydrogens (tertiary/aromatic N) is 1. The summed E-state index contributed by atoms with van der Waals surface area (Å²) in [7, 11) is 1.76. The third-order valence-electron chi connectivity index (χ3n) is 2.81. The number of amides is 1. The van der Waals surface area contributed by atoms with Gasteiger partial charge < -0.3 is 21.9 Å². The number of aromatic nitrogens is 1. The molecule has 1 aromatic heterocycles. The van der Waals surface area contributed by atoms with Crippen LogP contribution in [-0.4, -0.2) is 31.2 Å². The van der Waals surface area contributed by atoms with Gasteiger partial charge in [0.2, 0.25) is 11.8 Å². The Bertz CT molecular complexity index is 416. The van der Waals surface area contributed by atoms with E-state index in [4.69, 9.17) is 9.47 Å². The highest BCUT2D eigenvalue weighted by atomic mass is 35.5. The molecule has 0 aliphatic heterocycles. The summed E-state index contributed by atoms with van der Waals surface area (Å²) in [5, 5.41) is 0. The molecular weight excluding hydrogens is 306 g/mol.